The van der Waals surface area contributed by atoms with Crippen LogP contribution in [0.2, 0.25) is 10.0 Å². The van der Waals surface area contributed by atoms with Crippen LogP contribution in [0.25, 0.3) is 10.9 Å². The molecule has 0 bridgehead atoms. The van der Waals surface area contributed by atoms with Crippen molar-refractivity contribution in [3.05, 3.63) is 46.7 Å². The van der Waals surface area contributed by atoms with Crippen LogP contribution in [-0.4, -0.2) is 57.3 Å². The first-order valence-electron chi connectivity index (χ1n) is 9.99. The maximum atomic E-state index is 12.5. The number of carbonyl (C=O) groups excluding carboxylic acids is 1. The molecule has 4 N–H and O–H groups in total. The van der Waals surface area contributed by atoms with Gasteiger partial charge in [0.05, 0.1) is 34.7 Å². The Morgan fingerprint density at radius 2 is 1.88 bits per heavy atom. The van der Waals surface area contributed by atoms with Crippen molar-refractivity contribution in [1.29, 1.82) is 0 Å². The number of amides is 3. The number of carbonyl (C=O) groups is 2. The fraction of sp³-hybridized carbons (Fsp3) is 0.286. The number of H-pyrrole nitrogens is 1. The zero-order valence-electron chi connectivity index (χ0n) is 17.4. The summed E-state index contributed by atoms with van der Waals surface area (Å²) < 4.78 is 0. The zero-order valence-corrected chi connectivity index (χ0v) is 18.9. The summed E-state index contributed by atoms with van der Waals surface area (Å²) in [4.78, 5) is 34.8. The average molecular weight is 477 g/mol. The zero-order chi connectivity index (χ0) is 23.0. The number of pyridine rings is 1. The smallest absolute Gasteiger partial charge is 0.407 e. The van der Waals surface area contributed by atoms with Crippen LogP contribution in [0, 0.1) is 0 Å². The Labute approximate surface area is 194 Å². The Kier molecular flexibility index (Phi) is 6.03. The van der Waals surface area contributed by atoms with Gasteiger partial charge in [0.25, 0.3) is 0 Å². The second-order valence-electron chi connectivity index (χ2n) is 7.79. The molecule has 0 unspecified atom stereocenters. The van der Waals surface area contributed by atoms with Crippen LogP contribution >= 0.6 is 23.2 Å². The molecule has 3 aromatic rings. The van der Waals surface area contributed by atoms with Gasteiger partial charge in [-0.25, -0.2) is 14.6 Å². The van der Waals surface area contributed by atoms with Crippen LogP contribution in [0.1, 0.15) is 13.8 Å². The van der Waals surface area contributed by atoms with E-state index in [1.165, 1.54) is 11.1 Å². The van der Waals surface area contributed by atoms with Crippen LogP contribution in [0.5, 0.6) is 0 Å². The van der Waals surface area contributed by atoms with E-state index in [1.54, 1.807) is 24.4 Å². The highest BCUT2D eigenvalue weighted by Crippen LogP contribution is 2.30. The number of hydrogen-bond donors (Lipinski definition) is 4. The SMILES string of the molecule is C[C@@H]1CN(c2ncc(NC(=O)Nc3c[nH]c4ccc(Cl)cc34)cc2Cl)C[C@H](C)N1C(=O)O. The van der Waals surface area contributed by atoms with Gasteiger partial charge in [0.2, 0.25) is 0 Å². The first kappa shape index (κ1) is 22.0. The number of nitrogens with one attached hydrogen (secondary N) is 3. The lowest BCUT2D eigenvalue weighted by Crippen LogP contribution is -2.58. The van der Waals surface area contributed by atoms with Crippen molar-refractivity contribution in [2.24, 2.45) is 0 Å². The number of piperazine rings is 1. The number of benzene rings is 1. The number of anilines is 3. The van der Waals surface area contributed by atoms with Crippen LogP contribution in [0.3, 0.4) is 0 Å². The lowest BCUT2D eigenvalue weighted by atomic mass is 10.1. The maximum Gasteiger partial charge on any atom is 0.407 e. The van der Waals surface area contributed by atoms with Gasteiger partial charge in [0, 0.05) is 35.2 Å². The third-order valence-electron chi connectivity index (χ3n) is 5.41. The van der Waals surface area contributed by atoms with E-state index in [1.807, 2.05) is 24.8 Å². The first-order chi connectivity index (χ1) is 15.2. The van der Waals surface area contributed by atoms with Gasteiger partial charge in [0.15, 0.2) is 0 Å². The summed E-state index contributed by atoms with van der Waals surface area (Å²) in [6.45, 7) is 4.64. The van der Waals surface area contributed by atoms with Gasteiger partial charge >= 0.3 is 12.1 Å². The Hall–Kier alpha value is -3.17. The van der Waals surface area contributed by atoms with Crippen molar-refractivity contribution in [3.8, 4) is 0 Å². The summed E-state index contributed by atoms with van der Waals surface area (Å²) in [7, 11) is 0. The molecule has 3 amide bonds. The highest BCUT2D eigenvalue weighted by Gasteiger charge is 2.34. The molecule has 32 heavy (non-hydrogen) atoms. The summed E-state index contributed by atoms with van der Waals surface area (Å²) in [5.41, 5.74) is 1.87. The molecule has 0 spiro atoms. The highest BCUT2D eigenvalue weighted by atomic mass is 35.5. The summed E-state index contributed by atoms with van der Waals surface area (Å²) in [5, 5.41) is 16.6. The summed E-state index contributed by atoms with van der Waals surface area (Å²) in [6, 6.07) is 6.12. The molecule has 1 fully saturated rings. The quantitative estimate of drug-likeness (QED) is 0.420. The monoisotopic (exact) mass is 476 g/mol. The van der Waals surface area contributed by atoms with Gasteiger partial charge in [0.1, 0.15) is 5.82 Å². The standard InChI is InChI=1S/C21H22Cl2N6O3/c1-11-9-28(10-12(2)29(11)21(31)32)19-16(23)6-14(7-25-19)26-20(30)27-18-8-24-17-4-3-13(22)5-15(17)18/h3-8,11-12,24H,9-10H2,1-2H3,(H,31,32)(H2,26,27,30)/t11-,12+. The fourth-order valence-corrected chi connectivity index (χ4v) is 4.54. The molecule has 0 saturated carbocycles. The second kappa shape index (κ2) is 8.76. The number of halogens is 2. The predicted octanol–water partition coefficient (Wildman–Crippen LogP) is 5.09. The molecule has 0 radical (unpaired) electrons. The van der Waals surface area contributed by atoms with Crippen LogP contribution < -0.4 is 15.5 Å². The molecule has 0 aliphatic carbocycles. The molecule has 1 aliphatic heterocycles. The first-order valence-corrected chi connectivity index (χ1v) is 10.7. The molecule has 1 aliphatic rings. The van der Waals surface area contributed by atoms with Crippen LogP contribution in [0.4, 0.5) is 26.8 Å². The number of hydrogen-bond acceptors (Lipinski definition) is 4. The molecular weight excluding hydrogens is 455 g/mol. The number of urea groups is 1. The molecule has 4 rings (SSSR count). The van der Waals surface area contributed by atoms with Gasteiger partial charge in [-0.15, -0.1) is 0 Å². The number of fused-ring (bicyclic) bond motifs is 1. The minimum absolute atomic E-state index is 0.206. The normalized spacial score (nSPS) is 18.6. The third kappa shape index (κ3) is 4.39. The number of aromatic amines is 1. The molecule has 11 heteroatoms. The van der Waals surface area contributed by atoms with Gasteiger partial charge in [-0.05, 0) is 38.1 Å². The Bertz CT molecular complexity index is 1170. The number of aromatic nitrogens is 2. The van der Waals surface area contributed by atoms with E-state index in [2.05, 4.69) is 20.6 Å². The fourth-order valence-electron chi connectivity index (χ4n) is 4.09. The second-order valence-corrected chi connectivity index (χ2v) is 8.64. The molecule has 1 aromatic carbocycles. The molecule has 2 aromatic heterocycles. The number of carboxylic acid groups (broad SMARTS) is 1. The van der Waals surface area contributed by atoms with Crippen LogP contribution in [0.15, 0.2) is 36.7 Å². The summed E-state index contributed by atoms with van der Waals surface area (Å²) >= 11 is 12.5. The molecule has 2 atom stereocenters. The Morgan fingerprint density at radius 3 is 2.53 bits per heavy atom. The Morgan fingerprint density at radius 1 is 1.16 bits per heavy atom. The predicted molar refractivity (Wildman–Crippen MR) is 126 cm³/mol. The molecule has 168 valence electrons. The topological polar surface area (TPSA) is 114 Å². The third-order valence-corrected chi connectivity index (χ3v) is 5.92. The maximum absolute atomic E-state index is 12.5. The van der Waals surface area contributed by atoms with Gasteiger partial charge in [-0.2, -0.15) is 0 Å². The minimum atomic E-state index is -0.938. The van der Waals surface area contributed by atoms with Crippen LogP contribution in [-0.2, 0) is 0 Å². The summed E-state index contributed by atoms with van der Waals surface area (Å²) in [6.07, 6.45) is 2.27. The molecule has 3 heterocycles. The summed E-state index contributed by atoms with van der Waals surface area (Å²) in [5.74, 6) is 0.549. The minimum Gasteiger partial charge on any atom is -0.465 e. The van der Waals surface area contributed by atoms with Crippen molar-refractivity contribution in [3.63, 3.8) is 0 Å². The van der Waals surface area contributed by atoms with Gasteiger partial charge in [-0.1, -0.05) is 23.2 Å². The van der Waals surface area contributed by atoms with Crippen molar-refractivity contribution in [2.45, 2.75) is 25.9 Å². The van der Waals surface area contributed by atoms with Crippen molar-refractivity contribution in [1.82, 2.24) is 14.9 Å². The van der Waals surface area contributed by atoms with E-state index in [4.69, 9.17) is 23.2 Å². The number of rotatable bonds is 3. The van der Waals surface area contributed by atoms with E-state index >= 15 is 0 Å². The van der Waals surface area contributed by atoms with Crippen molar-refractivity contribution in [2.75, 3.05) is 28.6 Å². The number of nitrogens with zero attached hydrogens (tertiary/aromatic N) is 3. The lowest BCUT2D eigenvalue weighted by Gasteiger charge is -2.43. The van der Waals surface area contributed by atoms with Crippen molar-refractivity contribution >= 4 is 63.4 Å². The van der Waals surface area contributed by atoms with E-state index in [9.17, 15) is 14.7 Å². The van der Waals surface area contributed by atoms with E-state index in [0.29, 0.717) is 40.3 Å². The van der Waals surface area contributed by atoms with Gasteiger partial charge in [-0.3, -0.25) is 4.90 Å². The largest absolute Gasteiger partial charge is 0.465 e. The Balaban J connectivity index is 1.45. The molecular formula is C21H22Cl2N6O3. The van der Waals surface area contributed by atoms with E-state index < -0.39 is 12.1 Å². The van der Waals surface area contributed by atoms with Gasteiger partial charge < -0.3 is 25.6 Å². The van der Waals surface area contributed by atoms with E-state index in [0.717, 1.165) is 10.9 Å². The highest BCUT2D eigenvalue weighted by molar-refractivity contribution is 6.33. The molecule has 9 nitrogen and oxygen atoms in total. The van der Waals surface area contributed by atoms with E-state index in [-0.39, 0.29) is 12.1 Å². The lowest BCUT2D eigenvalue weighted by molar-refractivity contribution is 0.0981. The average Bonchev–Trinajstić information content (AvgIpc) is 3.09. The van der Waals surface area contributed by atoms with Crippen molar-refractivity contribution < 1.29 is 14.7 Å². The molecule has 1 saturated heterocycles.